The van der Waals surface area contributed by atoms with Gasteiger partial charge in [-0.2, -0.15) is 4.98 Å². The predicted octanol–water partition coefficient (Wildman–Crippen LogP) is 3.95. The molecule has 25 heavy (non-hydrogen) atoms. The number of H-pyrrole nitrogens is 1. The number of hydrogen-bond donors (Lipinski definition) is 1. The number of aromatic nitrogens is 3. The van der Waals surface area contributed by atoms with E-state index in [0.29, 0.717) is 34.4 Å². The Morgan fingerprint density at radius 2 is 1.76 bits per heavy atom. The topological polar surface area (TPSA) is 59.9 Å². The Morgan fingerprint density at radius 3 is 2.56 bits per heavy atom. The molecule has 0 saturated carbocycles. The van der Waals surface area contributed by atoms with E-state index in [4.69, 9.17) is 16.3 Å². The van der Waals surface area contributed by atoms with E-state index in [9.17, 15) is 4.79 Å². The third-order valence-electron chi connectivity index (χ3n) is 3.83. The van der Waals surface area contributed by atoms with Crippen LogP contribution in [-0.2, 0) is 6.61 Å². The molecule has 5 nitrogen and oxygen atoms in total. The van der Waals surface area contributed by atoms with Crippen LogP contribution in [0.2, 0.25) is 5.02 Å². The first kappa shape index (κ1) is 15.5. The number of halogens is 1. The minimum Gasteiger partial charge on any atom is -0.473 e. The lowest BCUT2D eigenvalue weighted by Crippen LogP contribution is -2.15. The summed E-state index contributed by atoms with van der Waals surface area (Å²) in [6.45, 7) is 0.403. The quantitative estimate of drug-likeness (QED) is 0.605. The number of fused-ring (bicyclic) bond motifs is 1. The van der Waals surface area contributed by atoms with E-state index >= 15 is 0 Å². The zero-order chi connectivity index (χ0) is 17.2. The largest absolute Gasteiger partial charge is 0.473 e. The molecule has 2 heterocycles. The molecule has 124 valence electrons. The summed E-state index contributed by atoms with van der Waals surface area (Å²) in [6.07, 6.45) is 0. The third-order valence-corrected chi connectivity index (χ3v) is 4.15. The second-order valence-corrected chi connectivity index (χ2v) is 5.92. The van der Waals surface area contributed by atoms with Crippen LogP contribution in [0.5, 0.6) is 5.88 Å². The molecule has 0 bridgehead atoms. The van der Waals surface area contributed by atoms with Crippen LogP contribution in [0, 0.1) is 0 Å². The van der Waals surface area contributed by atoms with Gasteiger partial charge in [0.2, 0.25) is 5.88 Å². The van der Waals surface area contributed by atoms with Crippen molar-refractivity contribution in [3.05, 3.63) is 87.8 Å². The second kappa shape index (κ2) is 6.45. The molecule has 6 heteroatoms. The number of nitrogens with zero attached hydrogens (tertiary/aromatic N) is 2. The second-order valence-electron chi connectivity index (χ2n) is 5.51. The average Bonchev–Trinajstić information content (AvgIpc) is 2.96. The number of para-hydroxylation sites is 1. The smallest absolute Gasteiger partial charge is 0.332 e. The summed E-state index contributed by atoms with van der Waals surface area (Å²) in [5, 5.41) is 0.475. The molecular weight excluding hydrogens is 338 g/mol. The Morgan fingerprint density at radius 1 is 1.00 bits per heavy atom. The Hall–Kier alpha value is -3.05. The Labute approximate surface area is 148 Å². The van der Waals surface area contributed by atoms with Gasteiger partial charge in [0.25, 0.3) is 0 Å². The molecule has 0 fully saturated rings. The van der Waals surface area contributed by atoms with Crippen molar-refractivity contribution >= 4 is 22.8 Å². The van der Waals surface area contributed by atoms with Crippen molar-refractivity contribution in [2.24, 2.45) is 0 Å². The molecule has 0 amide bonds. The summed E-state index contributed by atoms with van der Waals surface area (Å²) >= 11 is 6.24. The molecular formula is C19H14ClN3O2. The van der Waals surface area contributed by atoms with E-state index < -0.39 is 0 Å². The number of aromatic amines is 1. The third kappa shape index (κ3) is 3.02. The van der Waals surface area contributed by atoms with Crippen LogP contribution < -0.4 is 10.4 Å². The van der Waals surface area contributed by atoms with Gasteiger partial charge in [0, 0.05) is 6.07 Å². The maximum absolute atomic E-state index is 12.3. The molecule has 2 aromatic carbocycles. The molecule has 0 aliphatic carbocycles. The lowest BCUT2D eigenvalue weighted by Gasteiger charge is -2.07. The lowest BCUT2D eigenvalue weighted by molar-refractivity contribution is 0.295. The van der Waals surface area contributed by atoms with E-state index in [1.165, 1.54) is 4.57 Å². The van der Waals surface area contributed by atoms with Crippen molar-refractivity contribution in [1.82, 2.24) is 14.5 Å². The van der Waals surface area contributed by atoms with Crippen LogP contribution in [0.4, 0.5) is 0 Å². The Balaban J connectivity index is 1.74. The fraction of sp³-hybridized carbons (Fsp3) is 0.0526. The normalized spacial score (nSPS) is 10.9. The first-order chi connectivity index (χ1) is 12.2. The van der Waals surface area contributed by atoms with E-state index in [1.807, 2.05) is 42.5 Å². The van der Waals surface area contributed by atoms with Crippen molar-refractivity contribution in [2.45, 2.75) is 6.61 Å². The highest BCUT2D eigenvalue weighted by Crippen LogP contribution is 2.23. The number of nitrogens with one attached hydrogen (secondary N) is 1. The first-order valence-electron chi connectivity index (χ1n) is 7.76. The molecule has 0 aliphatic rings. The summed E-state index contributed by atoms with van der Waals surface area (Å²) < 4.78 is 7.21. The summed E-state index contributed by atoms with van der Waals surface area (Å²) in [4.78, 5) is 19.6. The van der Waals surface area contributed by atoms with Crippen LogP contribution in [0.3, 0.4) is 0 Å². The number of ether oxygens (including phenoxy) is 1. The zero-order valence-corrected chi connectivity index (χ0v) is 13.9. The van der Waals surface area contributed by atoms with Gasteiger partial charge in [-0.3, -0.25) is 0 Å². The van der Waals surface area contributed by atoms with Crippen molar-refractivity contribution in [1.29, 1.82) is 0 Å². The highest BCUT2D eigenvalue weighted by Gasteiger charge is 2.13. The van der Waals surface area contributed by atoms with Gasteiger partial charge in [-0.25, -0.2) is 9.36 Å². The molecule has 2 aromatic heterocycles. The highest BCUT2D eigenvalue weighted by molar-refractivity contribution is 6.32. The van der Waals surface area contributed by atoms with Crippen LogP contribution in [0.25, 0.3) is 16.9 Å². The van der Waals surface area contributed by atoms with Gasteiger partial charge in [-0.15, -0.1) is 0 Å². The monoisotopic (exact) mass is 351 g/mol. The number of rotatable bonds is 4. The van der Waals surface area contributed by atoms with E-state index in [-0.39, 0.29) is 5.69 Å². The van der Waals surface area contributed by atoms with Crippen molar-refractivity contribution in [3.8, 4) is 11.6 Å². The summed E-state index contributed by atoms with van der Waals surface area (Å²) in [5.41, 5.74) is 2.42. The van der Waals surface area contributed by atoms with Crippen LogP contribution >= 0.6 is 11.6 Å². The fourth-order valence-electron chi connectivity index (χ4n) is 2.63. The maximum atomic E-state index is 12.3. The molecule has 1 N–H and O–H groups in total. The standard InChI is InChI=1S/C19H14ClN3O2/c20-14-8-4-5-9-16(14)23-18-15(21-19(23)24)10-11-17(22-18)25-12-13-6-2-1-3-7-13/h1-11H,12H2,(H,21,24). The molecule has 0 aliphatic heterocycles. The Bertz CT molecular complexity index is 1090. The van der Waals surface area contributed by atoms with Gasteiger partial charge < -0.3 is 9.72 Å². The zero-order valence-electron chi connectivity index (χ0n) is 13.1. The maximum Gasteiger partial charge on any atom is 0.332 e. The van der Waals surface area contributed by atoms with E-state index in [2.05, 4.69) is 9.97 Å². The SMILES string of the molecule is O=c1[nH]c2ccc(OCc3ccccc3)nc2n1-c1ccccc1Cl. The number of benzene rings is 2. The summed E-state index contributed by atoms with van der Waals surface area (Å²) in [6, 6.07) is 20.5. The highest BCUT2D eigenvalue weighted by atomic mass is 35.5. The predicted molar refractivity (Wildman–Crippen MR) is 97.5 cm³/mol. The van der Waals surface area contributed by atoms with E-state index in [1.54, 1.807) is 24.3 Å². The minimum atomic E-state index is -0.296. The van der Waals surface area contributed by atoms with Crippen LogP contribution in [0.1, 0.15) is 5.56 Å². The van der Waals surface area contributed by atoms with Crippen molar-refractivity contribution in [2.75, 3.05) is 0 Å². The average molecular weight is 352 g/mol. The lowest BCUT2D eigenvalue weighted by atomic mass is 10.2. The minimum absolute atomic E-state index is 0.296. The molecule has 0 radical (unpaired) electrons. The Kier molecular flexibility index (Phi) is 3.99. The van der Waals surface area contributed by atoms with Crippen molar-refractivity contribution in [3.63, 3.8) is 0 Å². The number of hydrogen-bond acceptors (Lipinski definition) is 3. The molecule has 0 saturated heterocycles. The summed E-state index contributed by atoms with van der Waals surface area (Å²) in [7, 11) is 0. The molecule has 0 spiro atoms. The van der Waals surface area contributed by atoms with Gasteiger partial charge in [0.1, 0.15) is 6.61 Å². The van der Waals surface area contributed by atoms with Gasteiger partial charge in [-0.05, 0) is 23.8 Å². The molecule has 4 aromatic rings. The number of pyridine rings is 1. The molecule has 0 unspecified atom stereocenters. The van der Waals surface area contributed by atoms with Gasteiger partial charge in [0.15, 0.2) is 5.65 Å². The number of imidazole rings is 1. The van der Waals surface area contributed by atoms with Crippen LogP contribution in [-0.4, -0.2) is 14.5 Å². The first-order valence-corrected chi connectivity index (χ1v) is 8.13. The van der Waals surface area contributed by atoms with Gasteiger partial charge >= 0.3 is 5.69 Å². The van der Waals surface area contributed by atoms with E-state index in [0.717, 1.165) is 5.56 Å². The fourth-order valence-corrected chi connectivity index (χ4v) is 2.86. The van der Waals surface area contributed by atoms with Crippen LogP contribution in [0.15, 0.2) is 71.5 Å². The molecule has 0 atom stereocenters. The van der Waals surface area contributed by atoms with Gasteiger partial charge in [0.05, 0.1) is 16.2 Å². The molecule has 4 rings (SSSR count). The van der Waals surface area contributed by atoms with Gasteiger partial charge in [-0.1, -0.05) is 54.1 Å². The summed E-state index contributed by atoms with van der Waals surface area (Å²) in [5.74, 6) is 0.441. The van der Waals surface area contributed by atoms with Crippen molar-refractivity contribution < 1.29 is 4.74 Å².